The number of hydrogen-bond acceptors (Lipinski definition) is 3. The third-order valence-corrected chi connectivity index (χ3v) is 5.22. The predicted molar refractivity (Wildman–Crippen MR) is 118 cm³/mol. The molecule has 2 rings (SSSR count). The first-order chi connectivity index (χ1) is 12.9. The number of halogens is 2. The lowest BCUT2D eigenvalue weighted by molar-refractivity contribution is 0.102. The summed E-state index contributed by atoms with van der Waals surface area (Å²) in [7, 11) is 0. The SMILES string of the molecule is C=C/C=C(\C=C)CNSc1ccc(C)c(NC(=O)c2ccc(Cl)c(Cl)c2)c1. The molecule has 2 aromatic carbocycles. The van der Waals surface area contributed by atoms with Crippen molar-refractivity contribution in [3.05, 3.63) is 94.5 Å². The quantitative estimate of drug-likeness (QED) is 0.382. The largest absolute Gasteiger partial charge is 0.322 e. The summed E-state index contributed by atoms with van der Waals surface area (Å²) in [6.07, 6.45) is 5.41. The molecule has 2 N–H and O–H groups in total. The van der Waals surface area contributed by atoms with Crippen molar-refractivity contribution in [2.75, 3.05) is 11.9 Å². The summed E-state index contributed by atoms with van der Waals surface area (Å²) in [5.74, 6) is -0.241. The minimum atomic E-state index is -0.241. The summed E-state index contributed by atoms with van der Waals surface area (Å²) in [6, 6.07) is 10.7. The Kier molecular flexibility index (Phi) is 8.20. The fourth-order valence-corrected chi connectivity index (χ4v) is 3.20. The maximum absolute atomic E-state index is 12.5. The Balaban J connectivity index is 2.06. The van der Waals surface area contributed by atoms with Gasteiger partial charge in [0.05, 0.1) is 10.0 Å². The Labute approximate surface area is 174 Å². The van der Waals surface area contributed by atoms with Crippen LogP contribution in [-0.2, 0) is 0 Å². The van der Waals surface area contributed by atoms with E-state index in [1.54, 1.807) is 30.4 Å². The van der Waals surface area contributed by atoms with Gasteiger partial charge >= 0.3 is 0 Å². The first-order valence-electron chi connectivity index (χ1n) is 8.15. The molecule has 0 radical (unpaired) electrons. The fourth-order valence-electron chi connectivity index (χ4n) is 2.18. The van der Waals surface area contributed by atoms with E-state index in [4.69, 9.17) is 23.2 Å². The average Bonchev–Trinajstić information content (AvgIpc) is 2.65. The molecular weight excluding hydrogens is 399 g/mol. The van der Waals surface area contributed by atoms with E-state index >= 15 is 0 Å². The molecule has 0 heterocycles. The Morgan fingerprint density at radius 2 is 1.93 bits per heavy atom. The van der Waals surface area contributed by atoms with Crippen molar-refractivity contribution < 1.29 is 4.79 Å². The minimum Gasteiger partial charge on any atom is -0.322 e. The van der Waals surface area contributed by atoms with Crippen molar-refractivity contribution in [2.24, 2.45) is 0 Å². The zero-order chi connectivity index (χ0) is 19.8. The molecule has 0 aliphatic rings. The number of rotatable bonds is 8. The van der Waals surface area contributed by atoms with Gasteiger partial charge in [-0.15, -0.1) is 0 Å². The van der Waals surface area contributed by atoms with Crippen LogP contribution in [0.3, 0.4) is 0 Å². The second kappa shape index (κ2) is 10.4. The van der Waals surface area contributed by atoms with Crippen LogP contribution in [0.4, 0.5) is 5.69 Å². The molecule has 0 saturated carbocycles. The van der Waals surface area contributed by atoms with Gasteiger partial charge in [-0.2, -0.15) is 0 Å². The second-order valence-electron chi connectivity index (χ2n) is 5.66. The van der Waals surface area contributed by atoms with Gasteiger partial charge in [0.2, 0.25) is 0 Å². The number of benzene rings is 2. The number of allylic oxidation sites excluding steroid dienone is 2. The van der Waals surface area contributed by atoms with Crippen molar-refractivity contribution in [3.63, 3.8) is 0 Å². The zero-order valence-electron chi connectivity index (χ0n) is 14.9. The summed E-state index contributed by atoms with van der Waals surface area (Å²) in [6.45, 7) is 10.0. The maximum atomic E-state index is 12.5. The van der Waals surface area contributed by atoms with Crippen LogP contribution in [0.15, 0.2) is 78.3 Å². The monoisotopic (exact) mass is 418 g/mol. The highest BCUT2D eigenvalue weighted by Crippen LogP contribution is 2.26. The second-order valence-corrected chi connectivity index (χ2v) is 7.44. The van der Waals surface area contributed by atoms with Crippen LogP contribution >= 0.6 is 35.1 Å². The molecule has 0 atom stereocenters. The molecule has 0 spiro atoms. The van der Waals surface area contributed by atoms with Gasteiger partial charge in [0.1, 0.15) is 0 Å². The Morgan fingerprint density at radius 1 is 1.15 bits per heavy atom. The highest BCUT2D eigenvalue weighted by Gasteiger charge is 2.10. The van der Waals surface area contributed by atoms with Gasteiger partial charge in [-0.1, -0.05) is 60.7 Å². The Bertz CT molecular complexity index is 894. The van der Waals surface area contributed by atoms with Crippen LogP contribution in [0.1, 0.15) is 15.9 Å². The van der Waals surface area contributed by atoms with Gasteiger partial charge in [-0.3, -0.25) is 9.52 Å². The van der Waals surface area contributed by atoms with Crippen LogP contribution in [0, 0.1) is 6.92 Å². The molecule has 0 fully saturated rings. The molecule has 0 unspecified atom stereocenters. The number of nitrogens with one attached hydrogen (secondary N) is 2. The van der Waals surface area contributed by atoms with E-state index in [1.165, 1.54) is 11.9 Å². The van der Waals surface area contributed by atoms with E-state index in [-0.39, 0.29) is 5.91 Å². The van der Waals surface area contributed by atoms with Crippen molar-refractivity contribution >= 4 is 46.7 Å². The number of amides is 1. The summed E-state index contributed by atoms with van der Waals surface area (Å²) >= 11 is 13.4. The summed E-state index contributed by atoms with van der Waals surface area (Å²) in [5, 5.41) is 3.68. The van der Waals surface area contributed by atoms with Gasteiger partial charge in [0.25, 0.3) is 5.91 Å². The first kappa shape index (κ1) is 21.3. The standard InChI is InChI=1S/C21H20Cl2N2OS/c1-4-6-15(5-2)13-24-27-17-9-7-14(3)20(12-17)25-21(26)16-8-10-18(22)19(23)11-16/h4-12,24H,1-2,13H2,3H3,(H,25,26)/b15-6+. The summed E-state index contributed by atoms with van der Waals surface area (Å²) < 4.78 is 3.27. The first-order valence-corrected chi connectivity index (χ1v) is 9.72. The number of hydrogen-bond donors (Lipinski definition) is 2. The fraction of sp³-hybridized carbons (Fsp3) is 0.0952. The van der Waals surface area contributed by atoms with Gasteiger partial charge in [0.15, 0.2) is 0 Å². The molecule has 3 nitrogen and oxygen atoms in total. The number of carbonyl (C=O) groups is 1. The van der Waals surface area contributed by atoms with Crippen LogP contribution in [0.25, 0.3) is 0 Å². The van der Waals surface area contributed by atoms with Crippen LogP contribution < -0.4 is 10.0 Å². The van der Waals surface area contributed by atoms with Gasteiger partial charge < -0.3 is 5.32 Å². The molecule has 0 aliphatic carbocycles. The van der Waals surface area contributed by atoms with Gasteiger partial charge in [-0.05, 0) is 60.3 Å². The van der Waals surface area contributed by atoms with Crippen molar-refractivity contribution in [2.45, 2.75) is 11.8 Å². The number of anilines is 1. The third kappa shape index (κ3) is 6.29. The van der Waals surface area contributed by atoms with E-state index in [0.29, 0.717) is 22.2 Å². The molecule has 0 aliphatic heterocycles. The van der Waals surface area contributed by atoms with Gasteiger partial charge in [0, 0.05) is 22.7 Å². The normalized spacial score (nSPS) is 11.1. The van der Waals surface area contributed by atoms with E-state index in [9.17, 15) is 4.79 Å². The van der Waals surface area contributed by atoms with E-state index in [2.05, 4.69) is 23.2 Å². The van der Waals surface area contributed by atoms with Crippen LogP contribution in [-0.4, -0.2) is 12.5 Å². The highest BCUT2D eigenvalue weighted by molar-refractivity contribution is 7.97. The van der Waals surface area contributed by atoms with E-state index in [0.717, 1.165) is 21.7 Å². The lowest BCUT2D eigenvalue weighted by Crippen LogP contribution is -2.13. The molecule has 0 bridgehead atoms. The van der Waals surface area contributed by atoms with E-state index < -0.39 is 0 Å². The number of carbonyl (C=O) groups excluding carboxylic acids is 1. The molecule has 2 aromatic rings. The summed E-state index contributed by atoms with van der Waals surface area (Å²) in [4.78, 5) is 13.5. The molecular formula is C21H20Cl2N2OS. The Morgan fingerprint density at radius 3 is 2.59 bits per heavy atom. The lowest BCUT2D eigenvalue weighted by atomic mass is 10.1. The highest BCUT2D eigenvalue weighted by atomic mass is 35.5. The minimum absolute atomic E-state index is 0.241. The third-order valence-electron chi connectivity index (χ3n) is 3.70. The average molecular weight is 419 g/mol. The lowest BCUT2D eigenvalue weighted by Gasteiger charge is -2.11. The molecule has 0 saturated heterocycles. The maximum Gasteiger partial charge on any atom is 0.255 e. The van der Waals surface area contributed by atoms with Crippen LogP contribution in [0.5, 0.6) is 0 Å². The smallest absolute Gasteiger partial charge is 0.255 e. The molecule has 1 amide bonds. The van der Waals surface area contributed by atoms with Crippen molar-refractivity contribution in [3.8, 4) is 0 Å². The predicted octanol–water partition coefficient (Wildman–Crippen LogP) is 6.45. The number of aryl methyl sites for hydroxylation is 1. The Hall–Kier alpha value is -1.98. The van der Waals surface area contributed by atoms with Gasteiger partial charge in [-0.25, -0.2) is 0 Å². The molecule has 0 aromatic heterocycles. The summed E-state index contributed by atoms with van der Waals surface area (Å²) in [5.41, 5.74) is 3.19. The van der Waals surface area contributed by atoms with Crippen LogP contribution in [0.2, 0.25) is 10.0 Å². The molecule has 140 valence electrons. The van der Waals surface area contributed by atoms with E-state index in [1.807, 2.05) is 31.2 Å². The molecule has 6 heteroatoms. The topological polar surface area (TPSA) is 41.1 Å². The molecule has 27 heavy (non-hydrogen) atoms. The van der Waals surface area contributed by atoms with Crippen molar-refractivity contribution in [1.29, 1.82) is 0 Å². The zero-order valence-corrected chi connectivity index (χ0v) is 17.2. The van der Waals surface area contributed by atoms with Crippen molar-refractivity contribution in [1.82, 2.24) is 4.72 Å².